The number of allylic oxidation sites excluding steroid dienone is 3. The van der Waals surface area contributed by atoms with E-state index < -0.39 is 0 Å². The Morgan fingerprint density at radius 1 is 1.36 bits per heavy atom. The summed E-state index contributed by atoms with van der Waals surface area (Å²) in [5, 5.41) is 3.34. The average molecular weight is 196 g/mol. The van der Waals surface area contributed by atoms with E-state index in [0.29, 0.717) is 0 Å². The summed E-state index contributed by atoms with van der Waals surface area (Å²) in [4.78, 5) is 2.43. The molecule has 0 radical (unpaired) electrons. The quantitative estimate of drug-likeness (QED) is 0.697. The predicted molar refractivity (Wildman–Crippen MR) is 64.4 cm³/mol. The highest BCUT2D eigenvalue weighted by molar-refractivity contribution is 5.09. The van der Waals surface area contributed by atoms with Crippen molar-refractivity contribution in [1.82, 2.24) is 10.2 Å². The first-order valence-corrected chi connectivity index (χ1v) is 5.65. The maximum Gasteiger partial charge on any atom is 0.0300 e. The number of hydrogen-bond acceptors (Lipinski definition) is 2. The van der Waals surface area contributed by atoms with E-state index in [1.165, 1.54) is 5.70 Å². The summed E-state index contributed by atoms with van der Waals surface area (Å²) >= 11 is 0. The second-order valence-electron chi connectivity index (χ2n) is 2.98. The Morgan fingerprint density at radius 3 is 2.36 bits per heavy atom. The van der Waals surface area contributed by atoms with Crippen LogP contribution < -0.4 is 5.32 Å². The van der Waals surface area contributed by atoms with Crippen molar-refractivity contribution in [3.05, 3.63) is 24.4 Å². The molecule has 0 aromatic carbocycles. The number of piperazine rings is 1. The third-order valence-electron chi connectivity index (χ3n) is 2.20. The monoisotopic (exact) mass is 196 g/mol. The van der Waals surface area contributed by atoms with Gasteiger partial charge in [0.25, 0.3) is 0 Å². The second kappa shape index (κ2) is 8.82. The molecule has 0 atom stereocenters. The third-order valence-corrected chi connectivity index (χ3v) is 2.20. The number of hydrogen-bond donors (Lipinski definition) is 1. The number of nitrogens with one attached hydrogen (secondary N) is 1. The van der Waals surface area contributed by atoms with E-state index in [1.807, 2.05) is 19.9 Å². The standard InChI is InChI=1S/C10H18N2.C2H6/c1-3-5-10(4-2)12-8-6-11-7-9-12;1-2/h3,5,11H,1,4,6-9H2,2H3;1-2H3/b10-5+;. The summed E-state index contributed by atoms with van der Waals surface area (Å²) in [6, 6.07) is 0. The fourth-order valence-corrected chi connectivity index (χ4v) is 1.53. The van der Waals surface area contributed by atoms with Crippen molar-refractivity contribution in [2.45, 2.75) is 27.2 Å². The van der Waals surface area contributed by atoms with Crippen LogP contribution in [0.1, 0.15) is 27.2 Å². The van der Waals surface area contributed by atoms with Crippen molar-refractivity contribution < 1.29 is 0 Å². The lowest BCUT2D eigenvalue weighted by Crippen LogP contribution is -2.42. The SMILES string of the molecule is C=C/C=C(\CC)N1CCNCC1.CC. The Morgan fingerprint density at radius 2 is 1.93 bits per heavy atom. The van der Waals surface area contributed by atoms with Crippen LogP contribution in [0.4, 0.5) is 0 Å². The van der Waals surface area contributed by atoms with E-state index in [1.54, 1.807) is 0 Å². The van der Waals surface area contributed by atoms with E-state index in [4.69, 9.17) is 0 Å². The summed E-state index contributed by atoms with van der Waals surface area (Å²) in [5.41, 5.74) is 1.41. The van der Waals surface area contributed by atoms with Crippen molar-refractivity contribution in [1.29, 1.82) is 0 Å². The average Bonchev–Trinajstić information content (AvgIpc) is 2.30. The molecule has 1 N–H and O–H groups in total. The molecule has 14 heavy (non-hydrogen) atoms. The molecule has 0 spiro atoms. The lowest BCUT2D eigenvalue weighted by Gasteiger charge is -2.31. The van der Waals surface area contributed by atoms with E-state index in [9.17, 15) is 0 Å². The first-order chi connectivity index (χ1) is 6.88. The molecule has 2 heteroatoms. The zero-order valence-corrected chi connectivity index (χ0v) is 9.84. The van der Waals surface area contributed by atoms with Gasteiger partial charge in [-0.3, -0.25) is 0 Å². The van der Waals surface area contributed by atoms with Gasteiger partial charge >= 0.3 is 0 Å². The van der Waals surface area contributed by atoms with Gasteiger partial charge < -0.3 is 10.2 Å². The molecule has 82 valence electrons. The van der Waals surface area contributed by atoms with Crippen molar-refractivity contribution in [3.8, 4) is 0 Å². The Labute approximate surface area is 88.7 Å². The molecule has 1 heterocycles. The summed E-state index contributed by atoms with van der Waals surface area (Å²) in [6.07, 6.45) is 5.10. The zero-order chi connectivity index (χ0) is 10.8. The van der Waals surface area contributed by atoms with Crippen LogP contribution in [0.15, 0.2) is 24.4 Å². The summed E-state index contributed by atoms with van der Waals surface area (Å²) in [5.74, 6) is 0. The predicted octanol–water partition coefficient (Wildman–Crippen LogP) is 2.40. The fraction of sp³-hybridized carbons (Fsp3) is 0.667. The largest absolute Gasteiger partial charge is 0.372 e. The van der Waals surface area contributed by atoms with Gasteiger partial charge in [0.15, 0.2) is 0 Å². The second-order valence-corrected chi connectivity index (χ2v) is 2.98. The maximum atomic E-state index is 3.72. The Kier molecular flexibility index (Phi) is 8.34. The van der Waals surface area contributed by atoms with Crippen LogP contribution in [0.25, 0.3) is 0 Å². The van der Waals surface area contributed by atoms with Gasteiger partial charge in [0.1, 0.15) is 0 Å². The normalized spacial score (nSPS) is 17.1. The highest BCUT2D eigenvalue weighted by Crippen LogP contribution is 2.09. The van der Waals surface area contributed by atoms with Gasteiger partial charge in [-0.1, -0.05) is 33.4 Å². The van der Waals surface area contributed by atoms with Gasteiger partial charge in [-0.2, -0.15) is 0 Å². The minimum absolute atomic E-state index is 1.10. The molecule has 0 aliphatic carbocycles. The molecule has 1 rings (SSSR count). The smallest absolute Gasteiger partial charge is 0.0300 e. The van der Waals surface area contributed by atoms with Gasteiger partial charge in [0.05, 0.1) is 0 Å². The first-order valence-electron chi connectivity index (χ1n) is 5.65. The molecule has 0 amide bonds. The first kappa shape index (κ1) is 13.2. The van der Waals surface area contributed by atoms with Crippen LogP contribution in [0.3, 0.4) is 0 Å². The van der Waals surface area contributed by atoms with Crippen LogP contribution in [0, 0.1) is 0 Å². The maximum absolute atomic E-state index is 3.72. The number of nitrogens with zero attached hydrogens (tertiary/aromatic N) is 1. The third kappa shape index (κ3) is 4.47. The molecule has 1 saturated heterocycles. The fourth-order valence-electron chi connectivity index (χ4n) is 1.53. The molecule has 1 aliphatic rings. The highest BCUT2D eigenvalue weighted by atomic mass is 15.2. The van der Waals surface area contributed by atoms with Gasteiger partial charge in [0.2, 0.25) is 0 Å². The molecule has 2 nitrogen and oxygen atoms in total. The van der Waals surface area contributed by atoms with Gasteiger partial charge in [-0.05, 0) is 12.5 Å². The molecule has 0 saturated carbocycles. The topological polar surface area (TPSA) is 15.3 Å². The van der Waals surface area contributed by atoms with Crippen LogP contribution in [0.2, 0.25) is 0 Å². The lowest BCUT2D eigenvalue weighted by molar-refractivity contribution is 0.292. The number of rotatable bonds is 3. The molecule has 1 aliphatic heterocycles. The van der Waals surface area contributed by atoms with Gasteiger partial charge in [0, 0.05) is 31.9 Å². The summed E-state index contributed by atoms with van der Waals surface area (Å²) in [7, 11) is 0. The van der Waals surface area contributed by atoms with Crippen molar-refractivity contribution >= 4 is 0 Å². The Balaban J connectivity index is 0.000000791. The molecule has 0 aromatic heterocycles. The van der Waals surface area contributed by atoms with Gasteiger partial charge in [-0.25, -0.2) is 0 Å². The molecular formula is C12H24N2. The highest BCUT2D eigenvalue weighted by Gasteiger charge is 2.09. The van der Waals surface area contributed by atoms with Crippen LogP contribution in [-0.4, -0.2) is 31.1 Å². The minimum atomic E-state index is 1.10. The van der Waals surface area contributed by atoms with Gasteiger partial charge in [-0.15, -0.1) is 0 Å². The molecular weight excluding hydrogens is 172 g/mol. The van der Waals surface area contributed by atoms with E-state index in [-0.39, 0.29) is 0 Å². The Bertz CT molecular complexity index is 167. The van der Waals surface area contributed by atoms with Crippen molar-refractivity contribution in [2.24, 2.45) is 0 Å². The zero-order valence-electron chi connectivity index (χ0n) is 9.84. The molecule has 0 bridgehead atoms. The van der Waals surface area contributed by atoms with Crippen LogP contribution in [-0.2, 0) is 0 Å². The summed E-state index contributed by atoms with van der Waals surface area (Å²) in [6.45, 7) is 14.4. The molecule has 1 fully saturated rings. The molecule has 0 aromatic rings. The van der Waals surface area contributed by atoms with E-state index in [0.717, 1.165) is 32.6 Å². The van der Waals surface area contributed by atoms with E-state index >= 15 is 0 Å². The van der Waals surface area contributed by atoms with Crippen LogP contribution in [0.5, 0.6) is 0 Å². The minimum Gasteiger partial charge on any atom is -0.372 e. The molecule has 0 unspecified atom stereocenters. The van der Waals surface area contributed by atoms with E-state index in [2.05, 4.69) is 29.8 Å². The van der Waals surface area contributed by atoms with Crippen molar-refractivity contribution in [3.63, 3.8) is 0 Å². The Hall–Kier alpha value is -0.760. The van der Waals surface area contributed by atoms with Crippen molar-refractivity contribution in [2.75, 3.05) is 26.2 Å². The summed E-state index contributed by atoms with van der Waals surface area (Å²) < 4.78 is 0. The van der Waals surface area contributed by atoms with Crippen LogP contribution >= 0.6 is 0 Å². The lowest BCUT2D eigenvalue weighted by atomic mass is 10.2.